The summed E-state index contributed by atoms with van der Waals surface area (Å²) >= 11 is 3.94. The lowest BCUT2D eigenvalue weighted by molar-refractivity contribution is -0.141. The second kappa shape index (κ2) is 22.9. The number of amides is 4. The van der Waals surface area contributed by atoms with Crippen molar-refractivity contribution in [3.8, 4) is 0 Å². The number of guanidine groups is 2. The molecule has 4 atom stereocenters. The molecule has 44 heavy (non-hydrogen) atoms. The number of aliphatic imine (C=N–C) groups is 2. The molecule has 0 aliphatic rings. The molecule has 0 aliphatic heterocycles. The van der Waals surface area contributed by atoms with Crippen LogP contribution in [0.25, 0.3) is 10.4 Å². The second-order valence-electron chi connectivity index (χ2n) is 9.45. The second-order valence-corrected chi connectivity index (χ2v) is 9.81. The van der Waals surface area contributed by atoms with Gasteiger partial charge in [-0.1, -0.05) is 0 Å². The molecule has 0 radical (unpaired) electrons. The molecule has 0 aromatic heterocycles. The number of nitrogens with one attached hydrogen (secondary N) is 5. The van der Waals surface area contributed by atoms with Gasteiger partial charge in [0.15, 0.2) is 11.9 Å². The van der Waals surface area contributed by atoms with Crippen molar-refractivity contribution in [1.29, 1.82) is 0 Å². The first-order valence-corrected chi connectivity index (χ1v) is 14.3. The minimum atomic E-state index is -1.32. The van der Waals surface area contributed by atoms with E-state index < -0.39 is 53.8 Å². The number of thiol groups is 1. The smallest absolute Gasteiger partial charge is 0.327 e. The van der Waals surface area contributed by atoms with Crippen LogP contribution >= 0.6 is 12.6 Å². The molecule has 0 aromatic rings. The fourth-order valence-corrected chi connectivity index (χ4v) is 3.94. The van der Waals surface area contributed by atoms with Gasteiger partial charge in [-0.2, -0.15) is 17.5 Å². The average molecular weight is 645 g/mol. The van der Waals surface area contributed by atoms with Gasteiger partial charge in [0, 0.05) is 25.8 Å². The minimum absolute atomic E-state index is 0.0281. The molecule has 0 unspecified atom stereocenters. The molecule has 0 rings (SSSR count). The first-order valence-electron chi connectivity index (χ1n) is 13.7. The number of nitrogens with two attached hydrogens (primary N) is 4. The number of carboxylic acids is 1. The van der Waals surface area contributed by atoms with E-state index >= 15 is 0 Å². The monoisotopic (exact) mass is 644 g/mol. The molecule has 14 N–H and O–H groups in total. The highest BCUT2D eigenvalue weighted by Gasteiger charge is 2.30. The van der Waals surface area contributed by atoms with Gasteiger partial charge in [0.1, 0.15) is 24.2 Å². The van der Waals surface area contributed by atoms with Crippen molar-refractivity contribution in [3.63, 3.8) is 0 Å². The summed E-state index contributed by atoms with van der Waals surface area (Å²) in [6, 6.07) is -4.72. The number of aliphatic carboxylic acids is 1. The molecule has 21 heteroatoms. The lowest BCUT2D eigenvalue weighted by atomic mass is 10.0. The van der Waals surface area contributed by atoms with E-state index in [1.807, 2.05) is 0 Å². The molecule has 0 saturated carbocycles. The Hall–Kier alpha value is -4.65. The Bertz CT molecular complexity index is 1060. The fourth-order valence-electron chi connectivity index (χ4n) is 3.70. The van der Waals surface area contributed by atoms with Crippen molar-refractivity contribution in [2.75, 3.05) is 25.4 Å². The van der Waals surface area contributed by atoms with Gasteiger partial charge in [-0.25, -0.2) is 4.79 Å². The Morgan fingerprint density at radius 3 is 1.57 bits per heavy atom. The fraction of sp³-hybridized carbons (Fsp3) is 0.696. The lowest BCUT2D eigenvalue weighted by Crippen LogP contribution is -2.57. The van der Waals surface area contributed by atoms with Crippen molar-refractivity contribution >= 4 is 54.1 Å². The summed E-state index contributed by atoms with van der Waals surface area (Å²) in [5.74, 6) is -4.51. The first kappa shape index (κ1) is 39.3. The van der Waals surface area contributed by atoms with Crippen molar-refractivity contribution in [2.24, 2.45) is 38.1 Å². The zero-order valence-electron chi connectivity index (χ0n) is 24.6. The summed E-state index contributed by atoms with van der Waals surface area (Å²) in [7, 11) is 0. The van der Waals surface area contributed by atoms with E-state index in [1.165, 1.54) is 6.92 Å². The topological polar surface area (TPSA) is 343 Å². The van der Waals surface area contributed by atoms with E-state index in [2.05, 4.69) is 59.4 Å². The maximum Gasteiger partial charge on any atom is 0.327 e. The number of nitrogens with zero attached hydrogens (tertiary/aromatic N) is 5. The summed E-state index contributed by atoms with van der Waals surface area (Å²) in [4.78, 5) is 73.1. The van der Waals surface area contributed by atoms with E-state index in [0.717, 1.165) is 0 Å². The predicted octanol–water partition coefficient (Wildman–Crippen LogP) is -2.95. The van der Waals surface area contributed by atoms with Gasteiger partial charge in [-0.3, -0.25) is 34.6 Å². The van der Waals surface area contributed by atoms with Crippen molar-refractivity contribution < 1.29 is 29.1 Å². The number of azide groups is 1. The van der Waals surface area contributed by atoms with Gasteiger partial charge in [0.05, 0.1) is 6.54 Å². The molecule has 0 heterocycles. The third kappa shape index (κ3) is 18.7. The van der Waals surface area contributed by atoms with Crippen LogP contribution in [-0.2, 0) is 24.0 Å². The third-order valence-electron chi connectivity index (χ3n) is 5.79. The predicted molar refractivity (Wildman–Crippen MR) is 166 cm³/mol. The number of hydrogen-bond acceptors (Lipinski definition) is 9. The third-order valence-corrected chi connectivity index (χ3v) is 6.16. The summed E-state index contributed by atoms with van der Waals surface area (Å²) < 4.78 is 0. The zero-order chi connectivity index (χ0) is 33.5. The maximum absolute atomic E-state index is 13.4. The highest BCUT2D eigenvalue weighted by atomic mass is 32.1. The molecule has 0 spiro atoms. The van der Waals surface area contributed by atoms with Crippen LogP contribution in [0.4, 0.5) is 0 Å². The van der Waals surface area contributed by atoms with Crippen LogP contribution in [0.15, 0.2) is 15.2 Å². The Morgan fingerprint density at radius 1 is 0.750 bits per heavy atom. The van der Waals surface area contributed by atoms with E-state index in [4.69, 9.17) is 28.5 Å². The minimum Gasteiger partial charge on any atom is -0.480 e. The van der Waals surface area contributed by atoms with Gasteiger partial charge in [0.25, 0.3) is 0 Å². The zero-order valence-corrected chi connectivity index (χ0v) is 25.5. The van der Waals surface area contributed by atoms with Crippen LogP contribution in [0.3, 0.4) is 0 Å². The molecule has 4 amide bonds. The number of hydrogen-bond donors (Lipinski definition) is 11. The van der Waals surface area contributed by atoms with Crippen LogP contribution < -0.4 is 49.6 Å². The Balaban J connectivity index is 5.87. The maximum atomic E-state index is 13.4. The standard InChI is InChI=1S/C23H44N14O6S/c1-13(38)32-14(6-2-3-11-31-37-36-28)18(39)33-15(7-4-9-29-22(24)25)19(40)34-16(8-5-10-30-23(26)27)20(41)35-17(12-44)21(42)43/h14-17,31,44H,2-12H2,1H3,(H,32,38)(H,33,39)(H,34,40)(H,35,41)(H,42,43)(H4,24,25,29)(H4,26,27,30)/t14-,15-,16-,17+/m0/s1. The van der Waals surface area contributed by atoms with Gasteiger partial charge in [-0.15, -0.1) is 5.53 Å². The summed E-state index contributed by atoms with van der Waals surface area (Å²) in [5, 5.41) is 22.6. The quantitative estimate of drug-likeness (QED) is 0.00780. The van der Waals surface area contributed by atoms with Crippen molar-refractivity contribution in [1.82, 2.24) is 26.7 Å². The number of unbranched alkanes of at least 4 members (excludes halogenated alkanes) is 1. The van der Waals surface area contributed by atoms with Gasteiger partial charge in [-0.05, 0) is 50.2 Å². The van der Waals surface area contributed by atoms with Crippen LogP contribution in [0.1, 0.15) is 51.9 Å². The SMILES string of the molecule is CC(=O)N[C@@H](CCCCNN=[N+]=[N-])C(=O)N[C@@H](CCCN=C(N)N)C(=O)N[C@@H](CCCN=C(N)N)C(=O)N[C@H](CS)C(=O)O. The highest BCUT2D eigenvalue weighted by molar-refractivity contribution is 7.80. The van der Waals surface area contributed by atoms with Gasteiger partial charge in [0.2, 0.25) is 23.6 Å². The number of rotatable bonds is 23. The van der Waals surface area contributed by atoms with Crippen LogP contribution in [0.2, 0.25) is 0 Å². The molecule has 0 fully saturated rings. The Labute approximate surface area is 260 Å². The van der Waals surface area contributed by atoms with E-state index in [0.29, 0.717) is 19.4 Å². The summed E-state index contributed by atoms with van der Waals surface area (Å²) in [6.45, 7) is 1.85. The van der Waals surface area contributed by atoms with E-state index in [1.54, 1.807) is 0 Å². The Kier molecular flexibility index (Phi) is 20.5. The molecule has 248 valence electrons. The van der Waals surface area contributed by atoms with Gasteiger partial charge < -0.3 is 49.3 Å². The van der Waals surface area contributed by atoms with Gasteiger partial charge >= 0.3 is 5.97 Å². The van der Waals surface area contributed by atoms with Crippen LogP contribution in [0.5, 0.6) is 0 Å². The largest absolute Gasteiger partial charge is 0.480 e. The molecule has 0 aromatic carbocycles. The Morgan fingerprint density at radius 2 is 1.18 bits per heavy atom. The van der Waals surface area contributed by atoms with E-state index in [-0.39, 0.29) is 62.9 Å². The number of carbonyl (C=O) groups excluding carboxylic acids is 4. The molecular weight excluding hydrogens is 600 g/mol. The average Bonchev–Trinajstić information content (AvgIpc) is 2.94. The van der Waals surface area contributed by atoms with Crippen LogP contribution in [-0.4, -0.2) is 96.2 Å². The summed E-state index contributed by atoms with van der Waals surface area (Å²) in [6.07, 6.45) is 1.77. The highest BCUT2D eigenvalue weighted by Crippen LogP contribution is 2.07. The molecular formula is C23H44N14O6S. The molecule has 0 bridgehead atoms. The normalized spacial score (nSPS) is 13.0. The number of carboxylic acid groups (broad SMARTS) is 1. The molecule has 20 nitrogen and oxygen atoms in total. The lowest BCUT2D eigenvalue weighted by Gasteiger charge is -2.26. The number of carbonyl (C=O) groups is 5. The summed E-state index contributed by atoms with van der Waals surface area (Å²) in [5.41, 5.74) is 32.2. The molecule has 0 aliphatic carbocycles. The van der Waals surface area contributed by atoms with Crippen molar-refractivity contribution in [2.45, 2.75) is 76.0 Å². The van der Waals surface area contributed by atoms with Crippen molar-refractivity contribution in [3.05, 3.63) is 10.4 Å². The first-order chi connectivity index (χ1) is 20.8. The van der Waals surface area contributed by atoms with Crippen LogP contribution in [0, 0.1) is 0 Å². The van der Waals surface area contributed by atoms with E-state index in [9.17, 15) is 29.1 Å². The molecule has 0 saturated heterocycles.